The maximum absolute atomic E-state index is 13.5. The minimum absolute atomic E-state index is 0.160. The lowest BCUT2D eigenvalue weighted by Crippen LogP contribution is -2.14. The highest BCUT2D eigenvalue weighted by Crippen LogP contribution is 2.22. The predicted molar refractivity (Wildman–Crippen MR) is 84.0 cm³/mol. The van der Waals surface area contributed by atoms with Crippen LogP contribution in [0, 0.1) is 18.2 Å². The second kappa shape index (κ2) is 8.43. The summed E-state index contributed by atoms with van der Waals surface area (Å²) in [6.45, 7) is 4.08. The zero-order valence-electron chi connectivity index (χ0n) is 12.1. The minimum Gasteiger partial charge on any atom is -0.454 e. The third kappa shape index (κ3) is 5.41. The van der Waals surface area contributed by atoms with Crippen LogP contribution in [0.3, 0.4) is 0 Å². The number of nitrogens with zero attached hydrogens (tertiary/aromatic N) is 2. The normalized spacial score (nSPS) is 13.2. The minimum atomic E-state index is -0.474. The first-order valence-electron chi connectivity index (χ1n) is 6.34. The number of terminal acetylenes is 1. The number of benzene rings is 1. The Labute approximate surface area is 124 Å². The van der Waals surface area contributed by atoms with Crippen molar-refractivity contribution in [1.29, 1.82) is 0 Å². The standard InChI is InChI=1S/C13H14FN3O.C3H4/c1-2-16-17-7-5-11(6-8-17)18-13-4-3-10(15)9-12(13)14;1-3-2/h2-7,9H,8,15H2,1H3;1H,2H3/b16-2-;. The van der Waals surface area contributed by atoms with Gasteiger partial charge in [0.1, 0.15) is 5.76 Å². The molecule has 2 N–H and O–H groups in total. The Hall–Kier alpha value is -2.74. The highest BCUT2D eigenvalue weighted by Gasteiger charge is 2.08. The van der Waals surface area contributed by atoms with Crippen molar-refractivity contribution in [3.8, 4) is 18.1 Å². The molecular formula is C16H18FN3O. The maximum Gasteiger partial charge on any atom is 0.167 e. The van der Waals surface area contributed by atoms with E-state index in [-0.39, 0.29) is 5.75 Å². The van der Waals surface area contributed by atoms with Crippen molar-refractivity contribution < 1.29 is 9.13 Å². The number of nitrogens with two attached hydrogens (primary N) is 1. The van der Waals surface area contributed by atoms with Crippen LogP contribution >= 0.6 is 0 Å². The van der Waals surface area contributed by atoms with E-state index in [2.05, 4.69) is 17.4 Å². The van der Waals surface area contributed by atoms with Gasteiger partial charge in [-0.15, -0.1) is 12.3 Å². The Morgan fingerprint density at radius 1 is 1.52 bits per heavy atom. The average Bonchev–Trinajstić information content (AvgIpc) is 2.45. The van der Waals surface area contributed by atoms with Crippen molar-refractivity contribution >= 4 is 11.9 Å². The summed E-state index contributed by atoms with van der Waals surface area (Å²) in [5, 5.41) is 5.83. The third-order valence-corrected chi connectivity index (χ3v) is 2.34. The molecule has 0 aliphatic carbocycles. The molecule has 0 atom stereocenters. The fourth-order valence-electron chi connectivity index (χ4n) is 1.51. The molecule has 21 heavy (non-hydrogen) atoms. The molecule has 1 heterocycles. The number of anilines is 1. The molecule has 1 aliphatic heterocycles. The largest absolute Gasteiger partial charge is 0.454 e. The number of hydrazone groups is 1. The van der Waals surface area contributed by atoms with Crippen molar-refractivity contribution in [1.82, 2.24) is 5.01 Å². The van der Waals surface area contributed by atoms with Crippen LogP contribution in [0.25, 0.3) is 0 Å². The number of nitrogen functional groups attached to an aromatic ring is 1. The second-order valence-corrected chi connectivity index (χ2v) is 4.00. The zero-order valence-corrected chi connectivity index (χ0v) is 12.1. The summed E-state index contributed by atoms with van der Waals surface area (Å²) in [5.74, 6) is 2.52. The Morgan fingerprint density at radius 2 is 2.24 bits per heavy atom. The van der Waals surface area contributed by atoms with E-state index in [9.17, 15) is 4.39 Å². The molecular weight excluding hydrogens is 269 g/mol. The Balaban J connectivity index is 0.000000677. The topological polar surface area (TPSA) is 50.8 Å². The number of rotatable bonds is 3. The zero-order chi connectivity index (χ0) is 15.7. The van der Waals surface area contributed by atoms with Gasteiger partial charge in [-0.1, -0.05) is 0 Å². The van der Waals surface area contributed by atoms with Crippen molar-refractivity contribution in [2.75, 3.05) is 12.3 Å². The van der Waals surface area contributed by atoms with Gasteiger partial charge in [0.15, 0.2) is 11.6 Å². The van der Waals surface area contributed by atoms with Gasteiger partial charge in [-0.25, -0.2) is 4.39 Å². The number of hydrogen-bond acceptors (Lipinski definition) is 4. The van der Waals surface area contributed by atoms with Gasteiger partial charge < -0.3 is 10.5 Å². The second-order valence-electron chi connectivity index (χ2n) is 4.00. The number of halogens is 1. The van der Waals surface area contributed by atoms with Gasteiger partial charge in [0, 0.05) is 24.2 Å². The van der Waals surface area contributed by atoms with Crippen molar-refractivity contribution in [2.24, 2.45) is 5.10 Å². The predicted octanol–water partition coefficient (Wildman–Crippen LogP) is 3.15. The van der Waals surface area contributed by atoms with Crippen LogP contribution in [0.1, 0.15) is 13.8 Å². The molecule has 0 spiro atoms. The van der Waals surface area contributed by atoms with Crippen LogP contribution < -0.4 is 10.5 Å². The Bertz CT molecular complexity index is 600. The van der Waals surface area contributed by atoms with E-state index < -0.39 is 5.82 Å². The highest BCUT2D eigenvalue weighted by atomic mass is 19.1. The first-order valence-corrected chi connectivity index (χ1v) is 6.34. The first kappa shape index (κ1) is 16.3. The summed E-state index contributed by atoms with van der Waals surface area (Å²) in [6.07, 6.45) is 11.6. The van der Waals surface area contributed by atoms with Gasteiger partial charge in [-0.3, -0.25) is 5.01 Å². The van der Waals surface area contributed by atoms with E-state index in [0.29, 0.717) is 18.0 Å². The molecule has 0 radical (unpaired) electrons. The molecule has 4 nitrogen and oxygen atoms in total. The molecule has 0 aromatic heterocycles. The van der Waals surface area contributed by atoms with E-state index in [1.165, 1.54) is 12.1 Å². The first-order chi connectivity index (χ1) is 10.1. The molecule has 0 saturated carbocycles. The molecule has 0 fully saturated rings. The Morgan fingerprint density at radius 3 is 2.76 bits per heavy atom. The van der Waals surface area contributed by atoms with Crippen LogP contribution in [0.4, 0.5) is 10.1 Å². The van der Waals surface area contributed by atoms with E-state index in [4.69, 9.17) is 10.5 Å². The molecule has 0 saturated heterocycles. The molecule has 1 aromatic carbocycles. The number of allylic oxidation sites excluding steroid dienone is 1. The molecule has 110 valence electrons. The molecule has 0 amide bonds. The number of ether oxygens (including phenoxy) is 1. The van der Waals surface area contributed by atoms with Gasteiger partial charge in [0.05, 0.1) is 6.54 Å². The summed E-state index contributed by atoms with van der Waals surface area (Å²) in [4.78, 5) is 0. The smallest absolute Gasteiger partial charge is 0.167 e. The maximum atomic E-state index is 13.5. The number of hydrogen-bond donors (Lipinski definition) is 1. The SMILES string of the molecule is C#CC.C/C=N\N1C=CC(Oc2ccc(N)cc2F)=CC1. The quantitative estimate of drug-likeness (QED) is 0.528. The summed E-state index contributed by atoms with van der Waals surface area (Å²) >= 11 is 0. The average molecular weight is 287 g/mol. The summed E-state index contributed by atoms with van der Waals surface area (Å²) in [7, 11) is 0. The van der Waals surface area contributed by atoms with E-state index >= 15 is 0 Å². The lowest BCUT2D eigenvalue weighted by Gasteiger charge is -2.17. The van der Waals surface area contributed by atoms with Gasteiger partial charge >= 0.3 is 0 Å². The molecule has 0 unspecified atom stereocenters. The molecule has 1 aromatic rings. The van der Waals surface area contributed by atoms with Crippen molar-refractivity contribution in [3.05, 3.63) is 48.1 Å². The summed E-state index contributed by atoms with van der Waals surface area (Å²) < 4.78 is 18.9. The molecule has 1 aliphatic rings. The molecule has 5 heteroatoms. The van der Waals surface area contributed by atoms with Crippen LogP contribution in [0.2, 0.25) is 0 Å². The van der Waals surface area contributed by atoms with E-state index in [1.807, 2.05) is 13.0 Å². The molecule has 2 rings (SSSR count). The van der Waals surface area contributed by atoms with Gasteiger partial charge in [-0.05, 0) is 38.1 Å². The highest BCUT2D eigenvalue weighted by molar-refractivity contribution is 5.53. The van der Waals surface area contributed by atoms with Gasteiger partial charge in [0.2, 0.25) is 0 Å². The van der Waals surface area contributed by atoms with Crippen molar-refractivity contribution in [2.45, 2.75) is 13.8 Å². The van der Waals surface area contributed by atoms with Crippen molar-refractivity contribution in [3.63, 3.8) is 0 Å². The summed E-state index contributed by atoms with van der Waals surface area (Å²) in [5.41, 5.74) is 5.84. The summed E-state index contributed by atoms with van der Waals surface area (Å²) in [6, 6.07) is 4.34. The fraction of sp³-hybridized carbons (Fsp3) is 0.188. The third-order valence-electron chi connectivity index (χ3n) is 2.34. The van der Waals surface area contributed by atoms with Gasteiger partial charge in [-0.2, -0.15) is 5.10 Å². The Kier molecular flexibility index (Phi) is 6.55. The lowest BCUT2D eigenvalue weighted by atomic mass is 10.3. The van der Waals surface area contributed by atoms with Crippen LogP contribution in [-0.4, -0.2) is 17.8 Å². The monoisotopic (exact) mass is 287 g/mol. The fourth-order valence-corrected chi connectivity index (χ4v) is 1.51. The molecule has 0 bridgehead atoms. The van der Waals surface area contributed by atoms with Crippen LogP contribution in [-0.2, 0) is 0 Å². The van der Waals surface area contributed by atoms with E-state index in [1.54, 1.807) is 36.5 Å². The lowest BCUT2D eigenvalue weighted by molar-refractivity contribution is 0.380. The van der Waals surface area contributed by atoms with E-state index in [0.717, 1.165) is 0 Å². The van der Waals surface area contributed by atoms with Crippen LogP contribution in [0.15, 0.2) is 47.4 Å². The van der Waals surface area contributed by atoms with Crippen LogP contribution in [0.5, 0.6) is 5.75 Å². The van der Waals surface area contributed by atoms with Gasteiger partial charge in [0.25, 0.3) is 0 Å².